The van der Waals surface area contributed by atoms with E-state index in [1.165, 1.54) is 18.4 Å². The van der Waals surface area contributed by atoms with Crippen molar-refractivity contribution in [2.75, 3.05) is 0 Å². The Bertz CT molecular complexity index is 428. The van der Waals surface area contributed by atoms with Gasteiger partial charge < -0.3 is 5.11 Å². The highest BCUT2D eigenvalue weighted by atomic mass is 16.3. The summed E-state index contributed by atoms with van der Waals surface area (Å²) >= 11 is 0. The van der Waals surface area contributed by atoms with E-state index in [4.69, 9.17) is 0 Å². The van der Waals surface area contributed by atoms with Gasteiger partial charge in [0.25, 0.3) is 0 Å². The number of rotatable bonds is 2. The molecular weight excluding hydrogens is 220 g/mol. The molecule has 0 heterocycles. The van der Waals surface area contributed by atoms with Crippen molar-refractivity contribution in [2.45, 2.75) is 53.4 Å². The topological polar surface area (TPSA) is 20.2 Å². The summed E-state index contributed by atoms with van der Waals surface area (Å²) in [6, 6.07) is 6.09. The normalized spacial score (nSPS) is 27.9. The second-order valence-corrected chi connectivity index (χ2v) is 7.27. The molecule has 0 aromatic heterocycles. The molecule has 100 valence electrons. The van der Waals surface area contributed by atoms with Gasteiger partial charge in [0.2, 0.25) is 0 Å². The highest BCUT2D eigenvalue weighted by Crippen LogP contribution is 2.51. The fourth-order valence-electron chi connectivity index (χ4n) is 3.29. The molecule has 2 rings (SSSR count). The molecule has 3 unspecified atom stereocenters. The zero-order valence-electron chi connectivity index (χ0n) is 12.3. The summed E-state index contributed by atoms with van der Waals surface area (Å²) in [5.41, 5.74) is 2.84. The fourth-order valence-corrected chi connectivity index (χ4v) is 3.29. The van der Waals surface area contributed by atoms with Gasteiger partial charge in [-0.2, -0.15) is 0 Å². The Hall–Kier alpha value is -0.980. The lowest BCUT2D eigenvalue weighted by Gasteiger charge is -2.46. The zero-order chi connectivity index (χ0) is 13.5. The zero-order valence-corrected chi connectivity index (χ0v) is 12.3. The van der Waals surface area contributed by atoms with Crippen molar-refractivity contribution in [3.8, 4) is 5.75 Å². The van der Waals surface area contributed by atoms with E-state index in [-0.39, 0.29) is 0 Å². The van der Waals surface area contributed by atoms with Crippen LogP contribution in [0, 0.1) is 24.2 Å². The van der Waals surface area contributed by atoms with Gasteiger partial charge in [-0.3, -0.25) is 0 Å². The lowest BCUT2D eigenvalue weighted by Crippen LogP contribution is -2.35. The quantitative estimate of drug-likeness (QED) is 0.788. The van der Waals surface area contributed by atoms with E-state index in [1.807, 2.05) is 13.0 Å². The van der Waals surface area contributed by atoms with E-state index in [1.54, 1.807) is 0 Å². The Labute approximate surface area is 111 Å². The van der Waals surface area contributed by atoms with Gasteiger partial charge in [0.1, 0.15) is 5.75 Å². The van der Waals surface area contributed by atoms with Crippen LogP contribution < -0.4 is 0 Å². The van der Waals surface area contributed by atoms with Gasteiger partial charge in [-0.25, -0.2) is 0 Å². The molecule has 1 heteroatoms. The van der Waals surface area contributed by atoms with Crippen molar-refractivity contribution in [1.82, 2.24) is 0 Å². The number of hydrogen-bond donors (Lipinski definition) is 1. The first kappa shape index (κ1) is 13.5. The molecule has 0 spiro atoms. The summed E-state index contributed by atoms with van der Waals surface area (Å²) in [7, 11) is 0. The molecule has 0 saturated heterocycles. The second kappa shape index (κ2) is 4.60. The van der Waals surface area contributed by atoms with Gasteiger partial charge in [0.15, 0.2) is 0 Å². The van der Waals surface area contributed by atoms with Crippen LogP contribution in [0.25, 0.3) is 0 Å². The minimum Gasteiger partial charge on any atom is -0.508 e. The summed E-state index contributed by atoms with van der Waals surface area (Å²) in [6.07, 6.45) is 2.63. The maximum Gasteiger partial charge on any atom is 0.118 e. The van der Waals surface area contributed by atoms with Crippen molar-refractivity contribution in [1.29, 1.82) is 0 Å². The fraction of sp³-hybridized carbons (Fsp3) is 0.647. The highest BCUT2D eigenvalue weighted by Gasteiger charge is 2.40. The summed E-state index contributed by atoms with van der Waals surface area (Å²) in [6.45, 7) is 11.4. The van der Waals surface area contributed by atoms with Crippen molar-refractivity contribution in [3.63, 3.8) is 0 Å². The lowest BCUT2D eigenvalue weighted by atomic mass is 9.59. The first-order valence-corrected chi connectivity index (χ1v) is 7.07. The van der Waals surface area contributed by atoms with Gasteiger partial charge in [-0.1, -0.05) is 39.8 Å². The van der Waals surface area contributed by atoms with Crippen molar-refractivity contribution in [2.24, 2.45) is 17.3 Å². The minimum absolute atomic E-state index is 0.414. The summed E-state index contributed by atoms with van der Waals surface area (Å²) in [4.78, 5) is 0. The molecule has 1 aliphatic carbocycles. The molecule has 1 saturated carbocycles. The van der Waals surface area contributed by atoms with E-state index in [2.05, 4.69) is 39.8 Å². The average molecular weight is 246 g/mol. The molecule has 0 bridgehead atoms. The monoisotopic (exact) mass is 246 g/mol. The van der Waals surface area contributed by atoms with E-state index in [0.717, 1.165) is 17.4 Å². The minimum atomic E-state index is 0.414. The standard InChI is InChI=1S/C17H26O/c1-11-8-13(6-7-16(11)18)15-9-14(12(15)2)10-17(3,4)5/h6-8,12,14-15,18H,9-10H2,1-5H3. The first-order chi connectivity index (χ1) is 8.28. The van der Waals surface area contributed by atoms with Crippen molar-refractivity contribution in [3.05, 3.63) is 29.3 Å². The predicted octanol–water partition coefficient (Wildman–Crippen LogP) is 4.88. The largest absolute Gasteiger partial charge is 0.508 e. The van der Waals surface area contributed by atoms with Gasteiger partial charge in [0.05, 0.1) is 0 Å². The third kappa shape index (κ3) is 2.71. The number of phenolic OH excluding ortho intramolecular Hbond substituents is 1. The molecule has 1 aromatic carbocycles. The van der Waals surface area contributed by atoms with Crippen molar-refractivity contribution >= 4 is 0 Å². The first-order valence-electron chi connectivity index (χ1n) is 7.07. The average Bonchev–Trinajstić information content (AvgIpc) is 2.26. The smallest absolute Gasteiger partial charge is 0.118 e. The maximum atomic E-state index is 9.59. The second-order valence-electron chi connectivity index (χ2n) is 7.27. The lowest BCUT2D eigenvalue weighted by molar-refractivity contribution is 0.0994. The van der Waals surface area contributed by atoms with Crippen LogP contribution in [0.1, 0.15) is 57.6 Å². The van der Waals surface area contributed by atoms with Crippen LogP contribution in [0.3, 0.4) is 0 Å². The Morgan fingerprint density at radius 2 is 1.94 bits per heavy atom. The predicted molar refractivity (Wildman–Crippen MR) is 76.9 cm³/mol. The van der Waals surface area contributed by atoms with E-state index < -0.39 is 0 Å². The van der Waals surface area contributed by atoms with Crippen LogP contribution in [0.5, 0.6) is 5.75 Å². The third-order valence-electron chi connectivity index (χ3n) is 4.46. The third-order valence-corrected chi connectivity index (χ3v) is 4.46. The Kier molecular flexibility index (Phi) is 3.44. The highest BCUT2D eigenvalue weighted by molar-refractivity contribution is 5.37. The maximum absolute atomic E-state index is 9.59. The summed E-state index contributed by atoms with van der Waals surface area (Å²) < 4.78 is 0. The Morgan fingerprint density at radius 3 is 2.44 bits per heavy atom. The molecule has 0 amide bonds. The molecule has 1 nitrogen and oxygen atoms in total. The Morgan fingerprint density at radius 1 is 1.28 bits per heavy atom. The molecule has 3 atom stereocenters. The number of benzene rings is 1. The molecular formula is C17H26O. The van der Waals surface area contributed by atoms with Gasteiger partial charge in [-0.05, 0) is 60.1 Å². The van der Waals surface area contributed by atoms with Crippen LogP contribution in [0.15, 0.2) is 18.2 Å². The van der Waals surface area contributed by atoms with Crippen LogP contribution in [-0.2, 0) is 0 Å². The molecule has 1 fully saturated rings. The van der Waals surface area contributed by atoms with Gasteiger partial charge in [-0.15, -0.1) is 0 Å². The molecule has 1 aromatic rings. The van der Waals surface area contributed by atoms with Gasteiger partial charge in [0, 0.05) is 0 Å². The molecule has 18 heavy (non-hydrogen) atoms. The van der Waals surface area contributed by atoms with E-state index in [9.17, 15) is 5.11 Å². The number of aromatic hydroxyl groups is 1. The van der Waals surface area contributed by atoms with Crippen LogP contribution >= 0.6 is 0 Å². The van der Waals surface area contributed by atoms with Gasteiger partial charge >= 0.3 is 0 Å². The molecule has 0 aliphatic heterocycles. The van der Waals surface area contributed by atoms with Crippen LogP contribution in [-0.4, -0.2) is 5.11 Å². The Balaban J connectivity index is 2.03. The number of phenols is 1. The summed E-state index contributed by atoms with van der Waals surface area (Å²) in [5.74, 6) is 2.74. The molecule has 1 aliphatic rings. The van der Waals surface area contributed by atoms with Crippen molar-refractivity contribution < 1.29 is 5.11 Å². The number of aryl methyl sites for hydroxylation is 1. The van der Waals surface area contributed by atoms with E-state index >= 15 is 0 Å². The molecule has 0 radical (unpaired) electrons. The van der Waals surface area contributed by atoms with Crippen LogP contribution in [0.4, 0.5) is 0 Å². The van der Waals surface area contributed by atoms with Crippen LogP contribution in [0.2, 0.25) is 0 Å². The van der Waals surface area contributed by atoms with E-state index in [0.29, 0.717) is 17.1 Å². The number of hydrogen-bond acceptors (Lipinski definition) is 1. The summed E-state index contributed by atoms with van der Waals surface area (Å²) in [5, 5.41) is 9.59. The SMILES string of the molecule is Cc1cc(C2CC(CC(C)(C)C)C2C)ccc1O. The molecule has 1 N–H and O–H groups in total.